The van der Waals surface area contributed by atoms with E-state index < -0.39 is 6.09 Å². The second-order valence-corrected chi connectivity index (χ2v) is 7.27. The Morgan fingerprint density at radius 2 is 2.18 bits per heavy atom. The summed E-state index contributed by atoms with van der Waals surface area (Å²) < 4.78 is 10.2. The van der Waals surface area contributed by atoms with E-state index in [1.807, 2.05) is 11.1 Å². The highest BCUT2D eigenvalue weighted by Gasteiger charge is 2.27. The normalized spacial score (nSPS) is 20.8. The number of hydrogen-bond donors (Lipinski definition) is 2. The van der Waals surface area contributed by atoms with Crippen LogP contribution in [0, 0.1) is 0 Å². The van der Waals surface area contributed by atoms with Crippen LogP contribution in [0.2, 0.25) is 0 Å². The van der Waals surface area contributed by atoms with E-state index in [-0.39, 0.29) is 18.2 Å². The molecule has 0 saturated carbocycles. The smallest absolute Gasteiger partial charge is 0.407 e. The van der Waals surface area contributed by atoms with Crippen LogP contribution >= 0.6 is 0 Å². The van der Waals surface area contributed by atoms with Gasteiger partial charge in [0.05, 0.1) is 26.0 Å². The zero-order chi connectivity index (χ0) is 19.8. The maximum absolute atomic E-state index is 12.5. The van der Waals surface area contributed by atoms with E-state index in [1.165, 1.54) is 5.56 Å². The summed E-state index contributed by atoms with van der Waals surface area (Å²) in [5.74, 6) is 0.338. The topological polar surface area (TPSA) is 99.8 Å². The van der Waals surface area contributed by atoms with Crippen LogP contribution in [0.15, 0.2) is 6.20 Å². The van der Waals surface area contributed by atoms with Crippen molar-refractivity contribution in [2.75, 3.05) is 52.5 Å². The number of hydrogen-bond acceptors (Lipinski definition) is 6. The molecule has 0 spiro atoms. The van der Waals surface area contributed by atoms with E-state index in [1.54, 1.807) is 6.92 Å². The molecular weight excluding hydrogens is 362 g/mol. The Morgan fingerprint density at radius 3 is 2.96 bits per heavy atom. The molecule has 28 heavy (non-hydrogen) atoms. The van der Waals surface area contributed by atoms with Gasteiger partial charge in [-0.15, -0.1) is 0 Å². The lowest BCUT2D eigenvalue weighted by Crippen LogP contribution is -2.41. The fourth-order valence-corrected chi connectivity index (χ4v) is 3.85. The summed E-state index contributed by atoms with van der Waals surface area (Å²) in [7, 11) is 0. The number of carbonyl (C=O) groups is 2. The number of nitrogens with zero attached hydrogens (tertiary/aromatic N) is 3. The number of morpholine rings is 1. The molecule has 1 aromatic rings. The van der Waals surface area contributed by atoms with Crippen molar-refractivity contribution in [3.05, 3.63) is 17.5 Å². The van der Waals surface area contributed by atoms with Gasteiger partial charge in [0.2, 0.25) is 5.91 Å². The minimum absolute atomic E-state index is 0.0655. The molecule has 0 aliphatic carbocycles. The molecule has 156 valence electrons. The predicted molar refractivity (Wildman–Crippen MR) is 103 cm³/mol. The van der Waals surface area contributed by atoms with Gasteiger partial charge in [-0.1, -0.05) is 0 Å². The standard InChI is InChI=1S/C19H31N5O4/c1-2-28-19(26)20-6-5-17(25)24-7-3-4-15(14-24)18-16(12-21-22-18)13-23-8-10-27-11-9-23/h12,15H,2-11,13-14H2,1H3,(H,20,26)(H,21,22). The van der Waals surface area contributed by atoms with E-state index >= 15 is 0 Å². The Hall–Kier alpha value is -2.13. The van der Waals surface area contributed by atoms with E-state index in [9.17, 15) is 9.59 Å². The lowest BCUT2D eigenvalue weighted by atomic mass is 9.92. The molecule has 1 unspecified atom stereocenters. The average molecular weight is 393 g/mol. The molecule has 0 radical (unpaired) electrons. The maximum Gasteiger partial charge on any atom is 0.407 e. The predicted octanol–water partition coefficient (Wildman–Crippen LogP) is 1.08. The Kier molecular flexibility index (Phi) is 7.67. The first-order valence-electron chi connectivity index (χ1n) is 10.2. The van der Waals surface area contributed by atoms with Crippen LogP contribution in [0.5, 0.6) is 0 Å². The first-order valence-corrected chi connectivity index (χ1v) is 10.2. The summed E-state index contributed by atoms with van der Waals surface area (Å²) in [6.45, 7) is 8.12. The van der Waals surface area contributed by atoms with Gasteiger partial charge >= 0.3 is 6.09 Å². The van der Waals surface area contributed by atoms with E-state index in [0.717, 1.165) is 57.9 Å². The van der Waals surface area contributed by atoms with Crippen LogP contribution in [0.1, 0.15) is 43.4 Å². The number of nitrogens with one attached hydrogen (secondary N) is 2. The number of aromatic nitrogens is 2. The third kappa shape index (κ3) is 5.68. The quantitative estimate of drug-likeness (QED) is 0.719. The molecule has 2 amide bonds. The highest BCUT2D eigenvalue weighted by molar-refractivity contribution is 5.77. The third-order valence-electron chi connectivity index (χ3n) is 5.31. The first kappa shape index (κ1) is 20.6. The molecule has 9 heteroatoms. The van der Waals surface area contributed by atoms with Gasteiger partial charge in [-0.3, -0.25) is 14.8 Å². The zero-order valence-electron chi connectivity index (χ0n) is 16.6. The highest BCUT2D eigenvalue weighted by Crippen LogP contribution is 2.28. The van der Waals surface area contributed by atoms with Gasteiger partial charge in [0.15, 0.2) is 0 Å². The fourth-order valence-electron chi connectivity index (χ4n) is 3.85. The molecule has 3 rings (SSSR count). The second-order valence-electron chi connectivity index (χ2n) is 7.27. The second kappa shape index (κ2) is 10.4. The van der Waals surface area contributed by atoms with Gasteiger partial charge in [-0.05, 0) is 19.8 Å². The van der Waals surface area contributed by atoms with Crippen LogP contribution in [0.4, 0.5) is 4.79 Å². The summed E-state index contributed by atoms with van der Waals surface area (Å²) >= 11 is 0. The maximum atomic E-state index is 12.5. The van der Waals surface area contributed by atoms with E-state index in [2.05, 4.69) is 20.4 Å². The number of ether oxygens (including phenoxy) is 2. The number of amides is 2. The average Bonchev–Trinajstić information content (AvgIpc) is 3.17. The molecule has 1 aromatic heterocycles. The Morgan fingerprint density at radius 1 is 1.36 bits per heavy atom. The fraction of sp³-hybridized carbons (Fsp3) is 0.737. The van der Waals surface area contributed by atoms with Gasteiger partial charge in [0, 0.05) is 62.9 Å². The minimum Gasteiger partial charge on any atom is -0.450 e. The van der Waals surface area contributed by atoms with Gasteiger partial charge in [-0.25, -0.2) is 4.79 Å². The number of rotatable bonds is 7. The Bertz CT molecular complexity index is 644. The van der Waals surface area contributed by atoms with E-state index in [0.29, 0.717) is 19.7 Å². The number of H-pyrrole nitrogens is 1. The number of alkyl carbamates (subject to hydrolysis) is 1. The van der Waals surface area contributed by atoms with Gasteiger partial charge in [-0.2, -0.15) is 5.10 Å². The van der Waals surface area contributed by atoms with Crippen LogP contribution < -0.4 is 5.32 Å². The highest BCUT2D eigenvalue weighted by atomic mass is 16.5. The van der Waals surface area contributed by atoms with Crippen molar-refractivity contribution in [1.82, 2.24) is 25.3 Å². The number of piperidine rings is 1. The van der Waals surface area contributed by atoms with Crippen LogP contribution in [-0.2, 0) is 20.8 Å². The molecule has 2 aliphatic rings. The molecule has 2 N–H and O–H groups in total. The lowest BCUT2D eigenvalue weighted by Gasteiger charge is -2.33. The van der Waals surface area contributed by atoms with Crippen LogP contribution in [-0.4, -0.2) is 84.5 Å². The minimum atomic E-state index is -0.475. The van der Waals surface area contributed by atoms with Gasteiger partial charge < -0.3 is 19.7 Å². The number of carbonyl (C=O) groups excluding carboxylic acids is 2. The van der Waals surface area contributed by atoms with Crippen molar-refractivity contribution in [2.45, 2.75) is 38.6 Å². The molecule has 2 saturated heterocycles. The van der Waals surface area contributed by atoms with Crippen molar-refractivity contribution in [3.8, 4) is 0 Å². The van der Waals surface area contributed by atoms with Crippen molar-refractivity contribution in [1.29, 1.82) is 0 Å². The third-order valence-corrected chi connectivity index (χ3v) is 5.31. The molecular formula is C19H31N5O4. The summed E-state index contributed by atoms with van der Waals surface area (Å²) in [5.41, 5.74) is 2.36. The molecule has 3 heterocycles. The van der Waals surface area contributed by atoms with Crippen molar-refractivity contribution in [2.24, 2.45) is 0 Å². The van der Waals surface area contributed by atoms with Crippen molar-refractivity contribution in [3.63, 3.8) is 0 Å². The largest absolute Gasteiger partial charge is 0.450 e. The van der Waals surface area contributed by atoms with Crippen molar-refractivity contribution >= 4 is 12.0 Å². The zero-order valence-corrected chi connectivity index (χ0v) is 16.6. The Balaban J connectivity index is 1.51. The molecule has 2 fully saturated rings. The van der Waals surface area contributed by atoms with Gasteiger partial charge in [0.25, 0.3) is 0 Å². The summed E-state index contributed by atoms with van der Waals surface area (Å²) in [4.78, 5) is 28.2. The van der Waals surface area contributed by atoms with Crippen LogP contribution in [0.3, 0.4) is 0 Å². The Labute approximate surface area is 165 Å². The molecule has 1 atom stereocenters. The molecule has 0 aromatic carbocycles. The van der Waals surface area contributed by atoms with Crippen molar-refractivity contribution < 1.29 is 19.1 Å². The number of aromatic amines is 1. The SMILES string of the molecule is CCOC(=O)NCCC(=O)N1CCCC(c2[nH]ncc2CN2CCOCC2)C1. The number of likely N-dealkylation sites (tertiary alicyclic amines) is 1. The summed E-state index contributed by atoms with van der Waals surface area (Å²) in [5, 5.41) is 10.1. The summed E-state index contributed by atoms with van der Waals surface area (Å²) in [6, 6.07) is 0. The van der Waals surface area contributed by atoms with Gasteiger partial charge in [0.1, 0.15) is 0 Å². The van der Waals surface area contributed by atoms with Crippen LogP contribution in [0.25, 0.3) is 0 Å². The molecule has 0 bridgehead atoms. The monoisotopic (exact) mass is 393 g/mol. The molecule has 9 nitrogen and oxygen atoms in total. The summed E-state index contributed by atoms with van der Waals surface area (Å²) in [6.07, 6.45) is 3.74. The molecule has 2 aliphatic heterocycles. The van der Waals surface area contributed by atoms with E-state index in [4.69, 9.17) is 9.47 Å². The lowest BCUT2D eigenvalue weighted by molar-refractivity contribution is -0.132. The first-order chi connectivity index (χ1) is 13.7.